The zero-order valence-corrected chi connectivity index (χ0v) is 12.5. The molecule has 0 spiro atoms. The molecule has 0 fully saturated rings. The van der Waals surface area contributed by atoms with Crippen LogP contribution >= 0.6 is 11.6 Å². The van der Waals surface area contributed by atoms with Crippen LogP contribution in [-0.2, 0) is 13.0 Å². The van der Waals surface area contributed by atoms with E-state index in [-0.39, 0.29) is 11.6 Å². The number of rotatable bonds is 6. The predicted molar refractivity (Wildman–Crippen MR) is 81.5 cm³/mol. The summed E-state index contributed by atoms with van der Waals surface area (Å²) >= 11 is 5.96. The highest BCUT2D eigenvalue weighted by Crippen LogP contribution is 2.33. The molecule has 0 saturated carbocycles. The number of halogens is 2. The van der Waals surface area contributed by atoms with Gasteiger partial charge in [-0.05, 0) is 30.7 Å². The number of ether oxygens (including phenoxy) is 1. The lowest BCUT2D eigenvalue weighted by molar-refractivity contribution is 0.369. The van der Waals surface area contributed by atoms with Gasteiger partial charge in [0.25, 0.3) is 0 Å². The monoisotopic (exact) mass is 309 g/mol. The van der Waals surface area contributed by atoms with Gasteiger partial charge in [-0.25, -0.2) is 4.39 Å². The highest BCUT2D eigenvalue weighted by atomic mass is 35.5. The van der Waals surface area contributed by atoms with Gasteiger partial charge in [0.15, 0.2) is 11.5 Å². The van der Waals surface area contributed by atoms with Crippen molar-refractivity contribution in [2.45, 2.75) is 13.0 Å². The average molecular weight is 310 g/mol. The van der Waals surface area contributed by atoms with Gasteiger partial charge in [0.2, 0.25) is 0 Å². The molecule has 2 aromatic rings. The summed E-state index contributed by atoms with van der Waals surface area (Å²) in [4.78, 5) is 0. The van der Waals surface area contributed by atoms with Crippen molar-refractivity contribution in [3.63, 3.8) is 0 Å². The Bertz CT molecular complexity index is 619. The summed E-state index contributed by atoms with van der Waals surface area (Å²) in [6, 6.07) is 9.92. The van der Waals surface area contributed by atoms with Crippen molar-refractivity contribution in [3.8, 4) is 11.5 Å². The number of nitrogens with one attached hydrogen (secondary N) is 1. The molecule has 2 aromatic carbocycles. The van der Waals surface area contributed by atoms with Crippen LogP contribution in [0, 0.1) is 5.82 Å². The number of methoxy groups -OCH3 is 1. The Morgan fingerprint density at radius 1 is 1.24 bits per heavy atom. The molecule has 0 amide bonds. The van der Waals surface area contributed by atoms with Crippen molar-refractivity contribution in [1.82, 2.24) is 5.32 Å². The third-order valence-corrected chi connectivity index (χ3v) is 3.40. The lowest BCUT2D eigenvalue weighted by Crippen LogP contribution is -2.17. The van der Waals surface area contributed by atoms with E-state index in [1.807, 2.05) is 6.07 Å². The standard InChI is InChI=1S/C16H17ClFNO2/c1-21-15-9-13(17)8-12(16(15)20)10-19-7-6-11-4-2-3-5-14(11)18/h2-5,8-9,19-20H,6-7,10H2,1H3. The van der Waals surface area contributed by atoms with Crippen LogP contribution in [0.4, 0.5) is 4.39 Å². The fourth-order valence-corrected chi connectivity index (χ4v) is 2.30. The van der Waals surface area contributed by atoms with E-state index in [4.69, 9.17) is 16.3 Å². The van der Waals surface area contributed by atoms with Gasteiger partial charge in [-0.3, -0.25) is 0 Å². The Hall–Kier alpha value is -1.78. The van der Waals surface area contributed by atoms with Crippen LogP contribution in [0.1, 0.15) is 11.1 Å². The van der Waals surface area contributed by atoms with E-state index in [0.717, 1.165) is 0 Å². The topological polar surface area (TPSA) is 41.5 Å². The van der Waals surface area contributed by atoms with Crippen molar-refractivity contribution in [2.24, 2.45) is 0 Å². The lowest BCUT2D eigenvalue weighted by atomic mass is 10.1. The molecule has 0 aliphatic heterocycles. The number of benzene rings is 2. The first-order valence-electron chi connectivity index (χ1n) is 6.61. The van der Waals surface area contributed by atoms with Crippen molar-refractivity contribution >= 4 is 11.6 Å². The molecule has 112 valence electrons. The van der Waals surface area contributed by atoms with Gasteiger partial charge in [-0.1, -0.05) is 29.8 Å². The Morgan fingerprint density at radius 2 is 2.00 bits per heavy atom. The molecule has 0 aliphatic rings. The highest BCUT2D eigenvalue weighted by Gasteiger charge is 2.09. The normalized spacial score (nSPS) is 10.6. The Balaban J connectivity index is 1.92. The molecule has 0 bridgehead atoms. The molecule has 2 N–H and O–H groups in total. The summed E-state index contributed by atoms with van der Waals surface area (Å²) in [6.07, 6.45) is 0.575. The summed E-state index contributed by atoms with van der Waals surface area (Å²) in [5.74, 6) is 0.209. The van der Waals surface area contributed by atoms with Crippen LogP contribution in [-0.4, -0.2) is 18.8 Å². The van der Waals surface area contributed by atoms with Crippen LogP contribution in [0.5, 0.6) is 11.5 Å². The number of phenolic OH excluding ortho intramolecular Hbond substituents is 1. The molecular weight excluding hydrogens is 293 g/mol. The first-order valence-corrected chi connectivity index (χ1v) is 6.99. The maximum Gasteiger partial charge on any atom is 0.162 e. The van der Waals surface area contributed by atoms with Crippen molar-refractivity contribution in [3.05, 3.63) is 58.4 Å². The van der Waals surface area contributed by atoms with Crippen LogP contribution in [0.3, 0.4) is 0 Å². The maximum absolute atomic E-state index is 13.5. The molecular formula is C16H17ClFNO2. The number of hydrogen-bond acceptors (Lipinski definition) is 3. The Labute approximate surface area is 128 Å². The summed E-state index contributed by atoms with van der Waals surface area (Å²) in [5, 5.41) is 13.6. The van der Waals surface area contributed by atoms with E-state index in [1.165, 1.54) is 13.2 Å². The summed E-state index contributed by atoms with van der Waals surface area (Å²) < 4.78 is 18.5. The SMILES string of the molecule is COc1cc(Cl)cc(CNCCc2ccccc2F)c1O. The highest BCUT2D eigenvalue weighted by molar-refractivity contribution is 6.30. The molecule has 3 nitrogen and oxygen atoms in total. The third-order valence-electron chi connectivity index (χ3n) is 3.18. The first kappa shape index (κ1) is 15.6. The molecule has 0 heterocycles. The predicted octanol–water partition coefficient (Wildman–Crippen LogP) is 3.53. The second-order valence-corrected chi connectivity index (χ2v) is 5.07. The lowest BCUT2D eigenvalue weighted by Gasteiger charge is -2.11. The van der Waals surface area contributed by atoms with E-state index in [0.29, 0.717) is 41.4 Å². The van der Waals surface area contributed by atoms with Crippen LogP contribution in [0.25, 0.3) is 0 Å². The Kier molecular flexibility index (Phi) is 5.42. The zero-order valence-electron chi connectivity index (χ0n) is 11.7. The minimum atomic E-state index is -0.202. The molecule has 21 heavy (non-hydrogen) atoms. The number of hydrogen-bond donors (Lipinski definition) is 2. The molecule has 0 unspecified atom stereocenters. The average Bonchev–Trinajstić information content (AvgIpc) is 2.48. The van der Waals surface area contributed by atoms with Gasteiger partial charge < -0.3 is 15.2 Å². The molecule has 0 aromatic heterocycles. The van der Waals surface area contributed by atoms with Crippen molar-refractivity contribution in [2.75, 3.05) is 13.7 Å². The molecule has 0 radical (unpaired) electrons. The molecule has 5 heteroatoms. The van der Waals surface area contributed by atoms with E-state index in [2.05, 4.69) is 5.32 Å². The van der Waals surface area contributed by atoms with Crippen molar-refractivity contribution in [1.29, 1.82) is 0 Å². The fourth-order valence-electron chi connectivity index (χ4n) is 2.07. The minimum Gasteiger partial charge on any atom is -0.504 e. The Morgan fingerprint density at radius 3 is 2.71 bits per heavy atom. The van der Waals surface area contributed by atoms with Gasteiger partial charge in [0, 0.05) is 23.2 Å². The number of phenols is 1. The summed E-state index contributed by atoms with van der Waals surface area (Å²) in [7, 11) is 1.47. The second-order valence-electron chi connectivity index (χ2n) is 4.63. The van der Waals surface area contributed by atoms with Crippen molar-refractivity contribution < 1.29 is 14.2 Å². The summed E-state index contributed by atoms with van der Waals surface area (Å²) in [5.41, 5.74) is 1.31. The fraction of sp³-hybridized carbons (Fsp3) is 0.250. The molecule has 0 atom stereocenters. The van der Waals surface area contributed by atoms with E-state index < -0.39 is 0 Å². The van der Waals surface area contributed by atoms with Crippen LogP contribution in [0.15, 0.2) is 36.4 Å². The first-order chi connectivity index (χ1) is 10.1. The quantitative estimate of drug-likeness (QED) is 0.802. The smallest absolute Gasteiger partial charge is 0.162 e. The second kappa shape index (κ2) is 7.29. The van der Waals surface area contributed by atoms with Gasteiger partial charge in [-0.15, -0.1) is 0 Å². The van der Waals surface area contributed by atoms with Crippen LogP contribution in [0.2, 0.25) is 5.02 Å². The largest absolute Gasteiger partial charge is 0.504 e. The van der Waals surface area contributed by atoms with Gasteiger partial charge in [0.05, 0.1) is 7.11 Å². The summed E-state index contributed by atoms with van der Waals surface area (Å²) in [6.45, 7) is 1.02. The zero-order chi connectivity index (χ0) is 15.2. The molecule has 0 aliphatic carbocycles. The van der Waals surface area contributed by atoms with Gasteiger partial charge >= 0.3 is 0 Å². The molecule has 2 rings (SSSR count). The van der Waals surface area contributed by atoms with E-state index in [1.54, 1.807) is 24.3 Å². The third kappa shape index (κ3) is 4.09. The van der Waals surface area contributed by atoms with Crippen LogP contribution < -0.4 is 10.1 Å². The maximum atomic E-state index is 13.5. The minimum absolute atomic E-state index is 0.0697. The van der Waals surface area contributed by atoms with E-state index >= 15 is 0 Å². The number of aromatic hydroxyl groups is 1. The van der Waals surface area contributed by atoms with Gasteiger partial charge in [0.1, 0.15) is 5.82 Å². The molecule has 0 saturated heterocycles. The van der Waals surface area contributed by atoms with Gasteiger partial charge in [-0.2, -0.15) is 0 Å². The van der Waals surface area contributed by atoms with E-state index in [9.17, 15) is 9.50 Å².